The maximum atomic E-state index is 13.5. The van der Waals surface area contributed by atoms with Gasteiger partial charge in [0.15, 0.2) is 6.19 Å². The number of hydrogen-bond donors (Lipinski definition) is 2. The van der Waals surface area contributed by atoms with E-state index in [-0.39, 0.29) is 31.0 Å². The second-order valence-corrected chi connectivity index (χ2v) is 7.56. The van der Waals surface area contributed by atoms with Crippen LogP contribution in [0.5, 0.6) is 5.75 Å². The smallest absolute Gasteiger partial charge is 0.416 e. The SMILES string of the molecule is CCCN(C#N)C(=N)N(CC)Cc1cc(C(F)(F)F)ccc1-c1cc(CC(=O)O)ccc1OC. The van der Waals surface area contributed by atoms with Crippen molar-refractivity contribution in [3.63, 3.8) is 0 Å². The summed E-state index contributed by atoms with van der Waals surface area (Å²) < 4.78 is 46.0. The van der Waals surface area contributed by atoms with Crippen molar-refractivity contribution < 1.29 is 27.8 Å². The molecule has 0 aliphatic heterocycles. The summed E-state index contributed by atoms with van der Waals surface area (Å²) in [5.41, 5.74) is 0.746. The molecule has 10 heteroatoms. The van der Waals surface area contributed by atoms with Crippen molar-refractivity contribution in [1.29, 1.82) is 10.7 Å². The van der Waals surface area contributed by atoms with Crippen molar-refractivity contribution in [2.45, 2.75) is 39.4 Å². The van der Waals surface area contributed by atoms with Gasteiger partial charge in [0.2, 0.25) is 5.96 Å². The number of benzene rings is 2. The summed E-state index contributed by atoms with van der Waals surface area (Å²) in [6, 6.07) is 8.05. The first-order valence-electron chi connectivity index (χ1n) is 10.7. The minimum absolute atomic E-state index is 0.0667. The Kier molecular flexibility index (Phi) is 8.90. The number of aliphatic carboxylic acids is 1. The number of nitrogens with zero attached hydrogens (tertiary/aromatic N) is 3. The minimum Gasteiger partial charge on any atom is -0.496 e. The molecule has 0 fully saturated rings. The van der Waals surface area contributed by atoms with Crippen LogP contribution in [0, 0.1) is 16.9 Å². The molecule has 0 heterocycles. The number of hydrogen-bond acceptors (Lipinski definition) is 4. The van der Waals surface area contributed by atoms with Crippen LogP contribution in [0.2, 0.25) is 0 Å². The van der Waals surface area contributed by atoms with Gasteiger partial charge >= 0.3 is 12.1 Å². The van der Waals surface area contributed by atoms with Crippen LogP contribution in [-0.4, -0.2) is 47.0 Å². The fourth-order valence-corrected chi connectivity index (χ4v) is 3.55. The molecule has 0 bridgehead atoms. The topological polar surface area (TPSA) is 101 Å². The Morgan fingerprint density at radius 1 is 1.18 bits per heavy atom. The number of methoxy groups -OCH3 is 1. The van der Waals surface area contributed by atoms with E-state index in [1.165, 1.54) is 23.0 Å². The Hall–Kier alpha value is -3.74. The monoisotopic (exact) mass is 476 g/mol. The third-order valence-electron chi connectivity index (χ3n) is 5.21. The van der Waals surface area contributed by atoms with Crippen LogP contribution in [0.15, 0.2) is 36.4 Å². The minimum atomic E-state index is -4.58. The normalized spacial score (nSPS) is 11.0. The Labute approximate surface area is 196 Å². The summed E-state index contributed by atoms with van der Waals surface area (Å²) in [5.74, 6) is -0.776. The average molecular weight is 476 g/mol. The Balaban J connectivity index is 2.64. The van der Waals surface area contributed by atoms with Crippen LogP contribution >= 0.6 is 0 Å². The standard InChI is InChI=1S/C24H27F3N4O3/c1-4-10-31(15-28)23(29)30(5-2)14-17-13-18(24(25,26)27)7-8-19(17)20-11-16(12-22(32)33)6-9-21(20)34-3/h6-9,11,13,29H,4-5,10,12,14H2,1-3H3,(H,32,33). The van der Waals surface area contributed by atoms with Gasteiger partial charge in [-0.2, -0.15) is 18.4 Å². The fourth-order valence-electron chi connectivity index (χ4n) is 3.55. The van der Waals surface area contributed by atoms with E-state index in [0.29, 0.717) is 35.4 Å². The molecule has 0 spiro atoms. The zero-order valence-corrected chi connectivity index (χ0v) is 19.2. The summed E-state index contributed by atoms with van der Waals surface area (Å²) in [7, 11) is 1.42. The van der Waals surface area contributed by atoms with Crippen molar-refractivity contribution >= 4 is 11.9 Å². The molecule has 0 amide bonds. The van der Waals surface area contributed by atoms with Crippen LogP contribution in [0.25, 0.3) is 11.1 Å². The summed E-state index contributed by atoms with van der Waals surface area (Å²) in [4.78, 5) is 13.9. The Morgan fingerprint density at radius 2 is 1.88 bits per heavy atom. The number of alkyl halides is 3. The first-order valence-corrected chi connectivity index (χ1v) is 10.7. The Bertz CT molecular complexity index is 1080. The lowest BCUT2D eigenvalue weighted by molar-refractivity contribution is -0.138. The summed E-state index contributed by atoms with van der Waals surface area (Å²) in [6.07, 6.45) is -2.27. The van der Waals surface area contributed by atoms with E-state index < -0.39 is 17.7 Å². The van der Waals surface area contributed by atoms with E-state index in [9.17, 15) is 23.2 Å². The molecule has 7 nitrogen and oxygen atoms in total. The number of carboxylic acid groups (broad SMARTS) is 1. The molecule has 0 atom stereocenters. The molecule has 0 radical (unpaired) electrons. The molecule has 0 aliphatic rings. The molecule has 0 unspecified atom stereocenters. The molecular weight excluding hydrogens is 449 g/mol. The van der Waals surface area contributed by atoms with Gasteiger partial charge in [0, 0.05) is 25.2 Å². The summed E-state index contributed by atoms with van der Waals surface area (Å²) in [5, 5.41) is 27.0. The van der Waals surface area contributed by atoms with E-state index in [1.54, 1.807) is 25.1 Å². The van der Waals surface area contributed by atoms with Gasteiger partial charge in [0.25, 0.3) is 0 Å². The molecule has 182 valence electrons. The van der Waals surface area contributed by atoms with Crippen LogP contribution in [0.1, 0.15) is 37.0 Å². The molecule has 34 heavy (non-hydrogen) atoms. The van der Waals surface area contributed by atoms with Gasteiger partial charge in [-0.05, 0) is 54.3 Å². The zero-order chi connectivity index (χ0) is 25.5. The molecule has 2 rings (SSSR count). The van der Waals surface area contributed by atoms with E-state index in [4.69, 9.17) is 15.3 Å². The third-order valence-corrected chi connectivity index (χ3v) is 5.21. The molecule has 2 aromatic carbocycles. The van der Waals surface area contributed by atoms with Gasteiger partial charge in [-0.15, -0.1) is 0 Å². The molecule has 2 N–H and O–H groups in total. The second-order valence-electron chi connectivity index (χ2n) is 7.56. The third kappa shape index (κ3) is 6.41. The van der Waals surface area contributed by atoms with Crippen molar-refractivity contribution in [3.05, 3.63) is 53.1 Å². The summed E-state index contributed by atoms with van der Waals surface area (Å²) in [6.45, 7) is 4.13. The van der Waals surface area contributed by atoms with Gasteiger partial charge in [0.05, 0.1) is 19.1 Å². The van der Waals surface area contributed by atoms with Crippen LogP contribution < -0.4 is 4.74 Å². The summed E-state index contributed by atoms with van der Waals surface area (Å²) >= 11 is 0. The highest BCUT2D eigenvalue weighted by Gasteiger charge is 2.31. The van der Waals surface area contributed by atoms with E-state index in [1.807, 2.05) is 13.1 Å². The average Bonchev–Trinajstić information content (AvgIpc) is 2.79. The van der Waals surface area contributed by atoms with Crippen molar-refractivity contribution in [3.8, 4) is 23.1 Å². The lowest BCUT2D eigenvalue weighted by atomic mass is 9.94. The number of carboxylic acids is 1. The number of halogens is 3. The maximum Gasteiger partial charge on any atom is 0.416 e. The largest absolute Gasteiger partial charge is 0.496 e. The van der Waals surface area contributed by atoms with Crippen molar-refractivity contribution in [1.82, 2.24) is 9.80 Å². The number of nitrogens with one attached hydrogen (secondary N) is 1. The zero-order valence-electron chi connectivity index (χ0n) is 19.2. The molecule has 2 aromatic rings. The van der Waals surface area contributed by atoms with E-state index in [0.717, 1.165) is 12.1 Å². The Morgan fingerprint density at radius 3 is 2.41 bits per heavy atom. The highest BCUT2D eigenvalue weighted by molar-refractivity contribution is 5.80. The maximum absolute atomic E-state index is 13.5. The first kappa shape index (κ1) is 26.5. The fraction of sp³-hybridized carbons (Fsp3) is 0.375. The van der Waals surface area contributed by atoms with Gasteiger partial charge in [-0.3, -0.25) is 10.2 Å². The van der Waals surface area contributed by atoms with Gasteiger partial charge < -0.3 is 14.7 Å². The number of guanidine groups is 1. The lowest BCUT2D eigenvalue weighted by Crippen LogP contribution is -2.41. The number of rotatable bonds is 9. The van der Waals surface area contributed by atoms with E-state index >= 15 is 0 Å². The van der Waals surface area contributed by atoms with E-state index in [2.05, 4.69) is 0 Å². The van der Waals surface area contributed by atoms with Gasteiger partial charge in [-0.1, -0.05) is 19.1 Å². The number of carbonyl (C=O) groups is 1. The lowest BCUT2D eigenvalue weighted by Gasteiger charge is -2.29. The molecule has 0 saturated carbocycles. The van der Waals surface area contributed by atoms with Crippen molar-refractivity contribution in [2.75, 3.05) is 20.2 Å². The van der Waals surface area contributed by atoms with Gasteiger partial charge in [0.1, 0.15) is 5.75 Å². The van der Waals surface area contributed by atoms with Gasteiger partial charge in [-0.25, -0.2) is 4.90 Å². The predicted octanol–water partition coefficient (Wildman–Crippen LogP) is 4.96. The molecule has 0 aromatic heterocycles. The van der Waals surface area contributed by atoms with Crippen molar-refractivity contribution in [2.24, 2.45) is 0 Å². The molecule has 0 aliphatic carbocycles. The van der Waals surface area contributed by atoms with Crippen LogP contribution in [-0.2, 0) is 23.9 Å². The quantitative estimate of drug-likeness (QED) is 0.230. The number of nitriles is 1. The second kappa shape index (κ2) is 11.4. The molecular formula is C24H27F3N4O3. The highest BCUT2D eigenvalue weighted by atomic mass is 19.4. The highest BCUT2D eigenvalue weighted by Crippen LogP contribution is 2.38. The first-order chi connectivity index (χ1) is 16.0. The van der Waals surface area contributed by atoms with Crippen LogP contribution in [0.3, 0.4) is 0 Å². The molecule has 0 saturated heterocycles. The van der Waals surface area contributed by atoms with Crippen LogP contribution in [0.4, 0.5) is 13.2 Å². The predicted molar refractivity (Wildman–Crippen MR) is 121 cm³/mol. The number of ether oxygens (including phenoxy) is 1.